The second kappa shape index (κ2) is 12.9. The molecule has 3 aromatic rings. The molecule has 0 aliphatic heterocycles. The number of hydrogen-bond acceptors (Lipinski definition) is 7. The number of aromatic nitrogens is 3. The second-order valence-corrected chi connectivity index (χ2v) is 15.0. The normalized spacial score (nSPS) is 19.6. The predicted octanol–water partition coefficient (Wildman–Crippen LogP) is 5.62. The van der Waals surface area contributed by atoms with E-state index in [2.05, 4.69) is 10.1 Å². The van der Waals surface area contributed by atoms with Crippen LogP contribution in [0.4, 0.5) is 30.7 Å². The third-order valence-corrected chi connectivity index (χ3v) is 11.1. The summed E-state index contributed by atoms with van der Waals surface area (Å²) in [6.07, 6.45) is -8.37. The second-order valence-electron chi connectivity index (χ2n) is 11.5. The Morgan fingerprint density at radius 1 is 1.00 bits per heavy atom. The molecule has 0 saturated heterocycles. The van der Waals surface area contributed by atoms with Crippen LogP contribution in [0.25, 0.3) is 5.69 Å². The first-order valence-corrected chi connectivity index (χ1v) is 17.5. The van der Waals surface area contributed by atoms with Gasteiger partial charge in [-0.3, -0.25) is 9.17 Å². The van der Waals surface area contributed by atoms with Gasteiger partial charge in [-0.15, -0.1) is 0 Å². The Morgan fingerprint density at radius 3 is 2.30 bits per heavy atom. The van der Waals surface area contributed by atoms with Gasteiger partial charge in [0.15, 0.2) is 11.5 Å². The van der Waals surface area contributed by atoms with Crippen LogP contribution >= 0.6 is 0 Å². The van der Waals surface area contributed by atoms with E-state index in [1.165, 1.54) is 30.3 Å². The molecule has 0 bridgehead atoms. The van der Waals surface area contributed by atoms with E-state index in [9.17, 15) is 47.6 Å². The summed E-state index contributed by atoms with van der Waals surface area (Å²) >= 11 is 0. The molecule has 0 fully saturated rings. The van der Waals surface area contributed by atoms with Gasteiger partial charge in [0.05, 0.1) is 23.3 Å². The van der Waals surface area contributed by atoms with Crippen LogP contribution in [0, 0.1) is 11.7 Å². The van der Waals surface area contributed by atoms with E-state index in [4.69, 9.17) is 4.18 Å². The minimum absolute atomic E-state index is 0.291. The highest BCUT2D eigenvalue weighted by Crippen LogP contribution is 2.48. The summed E-state index contributed by atoms with van der Waals surface area (Å²) in [6, 6.07) is 9.61. The van der Waals surface area contributed by atoms with Crippen molar-refractivity contribution in [2.75, 3.05) is 24.6 Å². The number of alkyl halides is 6. The first-order valence-electron chi connectivity index (χ1n) is 14.3. The molecular formula is C29H29F7N4O5S2. The molecule has 5 rings (SSSR count). The van der Waals surface area contributed by atoms with E-state index in [1.54, 1.807) is 23.0 Å². The van der Waals surface area contributed by atoms with Gasteiger partial charge in [0, 0.05) is 37.2 Å². The molecule has 47 heavy (non-hydrogen) atoms. The minimum Gasteiger partial charge on any atom is -0.259 e. The predicted molar refractivity (Wildman–Crippen MR) is 155 cm³/mol. The zero-order valence-corrected chi connectivity index (χ0v) is 26.3. The molecule has 0 radical (unpaired) electrons. The van der Waals surface area contributed by atoms with Gasteiger partial charge in [-0.1, -0.05) is 24.1 Å². The van der Waals surface area contributed by atoms with Gasteiger partial charge >= 0.3 is 12.4 Å². The largest absolute Gasteiger partial charge is 0.405 e. The summed E-state index contributed by atoms with van der Waals surface area (Å²) in [5.41, 5.74) is 3.66. The van der Waals surface area contributed by atoms with Gasteiger partial charge in [0.25, 0.3) is 10.1 Å². The lowest BCUT2D eigenvalue weighted by Gasteiger charge is -2.32. The Balaban J connectivity index is 1.47. The highest BCUT2D eigenvalue weighted by Gasteiger charge is 2.44. The van der Waals surface area contributed by atoms with E-state index in [0.29, 0.717) is 29.3 Å². The summed E-state index contributed by atoms with van der Waals surface area (Å²) in [6.45, 7) is 0.281. The van der Waals surface area contributed by atoms with E-state index in [1.807, 2.05) is 6.92 Å². The maximum absolute atomic E-state index is 13.5. The fourth-order valence-electron chi connectivity index (χ4n) is 6.26. The maximum atomic E-state index is 13.5. The average molecular weight is 711 g/mol. The smallest absolute Gasteiger partial charge is 0.259 e. The highest BCUT2D eigenvalue weighted by molar-refractivity contribution is 7.89. The Bertz CT molecular complexity index is 1840. The van der Waals surface area contributed by atoms with E-state index >= 15 is 0 Å². The SMILES string of the molecule is C[C@@H]1C2=C(CC[C@@H]2CN(CC(OS(=O)(=O)CC(F)(F)F)c2ccccn2)S(=O)(=O)CC(F)(F)F)Cc2c1cnn2-c1ccc(F)cc1. The van der Waals surface area contributed by atoms with E-state index in [0.717, 1.165) is 28.6 Å². The molecule has 18 heteroatoms. The zero-order chi connectivity index (χ0) is 34.4. The van der Waals surface area contributed by atoms with Crippen LogP contribution in [-0.2, 0) is 30.7 Å². The van der Waals surface area contributed by atoms with E-state index in [-0.39, 0.29) is 11.6 Å². The van der Waals surface area contributed by atoms with Gasteiger partial charge in [0.2, 0.25) is 10.0 Å². The molecular weight excluding hydrogens is 681 g/mol. The maximum Gasteiger partial charge on any atom is 0.405 e. The lowest BCUT2D eigenvalue weighted by atomic mass is 9.80. The molecule has 0 N–H and O–H groups in total. The lowest BCUT2D eigenvalue weighted by Crippen LogP contribution is -2.44. The molecule has 1 aromatic carbocycles. The number of pyridine rings is 1. The van der Waals surface area contributed by atoms with Crippen LogP contribution in [0.15, 0.2) is 66.0 Å². The Morgan fingerprint density at radius 2 is 1.68 bits per heavy atom. The van der Waals surface area contributed by atoms with Crippen molar-refractivity contribution in [3.05, 3.63) is 88.8 Å². The minimum atomic E-state index is -5.37. The Kier molecular flexibility index (Phi) is 9.62. The summed E-state index contributed by atoms with van der Waals surface area (Å²) < 4.78 is 151. The molecule has 0 saturated carbocycles. The summed E-state index contributed by atoms with van der Waals surface area (Å²) in [7, 11) is -10.6. The van der Waals surface area contributed by atoms with Crippen molar-refractivity contribution in [2.24, 2.45) is 5.92 Å². The molecule has 2 aromatic heterocycles. The van der Waals surface area contributed by atoms with Crippen molar-refractivity contribution >= 4 is 20.1 Å². The van der Waals surface area contributed by atoms with Crippen LogP contribution in [0.5, 0.6) is 0 Å². The van der Waals surface area contributed by atoms with Gasteiger partial charge in [0.1, 0.15) is 11.9 Å². The molecule has 2 aliphatic rings. The highest BCUT2D eigenvalue weighted by atomic mass is 32.2. The fourth-order valence-corrected chi connectivity index (χ4v) is 8.61. The molecule has 0 amide bonds. The number of rotatable bonds is 11. The van der Waals surface area contributed by atoms with Crippen molar-refractivity contribution in [1.29, 1.82) is 0 Å². The first kappa shape index (κ1) is 35.0. The van der Waals surface area contributed by atoms with Gasteiger partial charge in [-0.05, 0) is 55.2 Å². The first-order chi connectivity index (χ1) is 21.8. The summed E-state index contributed by atoms with van der Waals surface area (Å²) in [4.78, 5) is 3.88. The number of sulfonamides is 1. The third kappa shape index (κ3) is 8.39. The van der Waals surface area contributed by atoms with Crippen LogP contribution in [0.2, 0.25) is 0 Å². The monoisotopic (exact) mass is 710 g/mol. The molecule has 3 atom stereocenters. The average Bonchev–Trinajstić information content (AvgIpc) is 3.55. The molecule has 9 nitrogen and oxygen atoms in total. The topological polar surface area (TPSA) is 111 Å². The number of hydrogen-bond donors (Lipinski definition) is 0. The van der Waals surface area contributed by atoms with Crippen molar-refractivity contribution in [2.45, 2.75) is 50.6 Å². The van der Waals surface area contributed by atoms with Gasteiger partial charge in [-0.2, -0.15) is 44.2 Å². The fraction of sp³-hybridized carbons (Fsp3) is 0.448. The zero-order valence-electron chi connectivity index (χ0n) is 24.7. The summed E-state index contributed by atoms with van der Waals surface area (Å²) in [5, 5.41) is 4.45. The number of benzene rings is 1. The molecule has 256 valence electrons. The molecule has 0 spiro atoms. The van der Waals surface area contributed by atoms with Crippen LogP contribution in [-0.4, -0.2) is 72.9 Å². The Hall–Kier alpha value is -3.35. The number of fused-ring (bicyclic) bond motifs is 1. The van der Waals surface area contributed by atoms with Crippen LogP contribution in [0.3, 0.4) is 0 Å². The van der Waals surface area contributed by atoms with Crippen molar-refractivity contribution in [3.8, 4) is 5.69 Å². The van der Waals surface area contributed by atoms with Crippen molar-refractivity contribution in [3.63, 3.8) is 0 Å². The standard InChI is InChI=1S/C29H29F7N4O5S2/c1-18-23-13-38-40(22-9-7-21(30)8-10-22)25(23)12-19-5-6-20(27(18)19)14-39(46(41,42)16-28(31,32)33)15-26(24-4-2-3-11-37-24)45-47(43,44)17-29(34,35)36/h2-4,7-11,13,18,20,26H,5-6,12,14-17H2,1H3/t18-,20+,26?/m0/s1. The van der Waals surface area contributed by atoms with Crippen LogP contribution in [0.1, 0.15) is 48.7 Å². The third-order valence-electron chi connectivity index (χ3n) is 8.08. The Labute approximate surface area is 266 Å². The van der Waals surface area contributed by atoms with Crippen LogP contribution < -0.4 is 0 Å². The quantitative estimate of drug-likeness (QED) is 0.144. The summed E-state index contributed by atoms with van der Waals surface area (Å²) in [5.74, 6) is -6.06. The van der Waals surface area contributed by atoms with E-state index < -0.39 is 74.9 Å². The molecule has 1 unspecified atom stereocenters. The lowest BCUT2D eigenvalue weighted by molar-refractivity contribution is -0.109. The number of allylic oxidation sites excluding steroid dienone is 1. The van der Waals surface area contributed by atoms with Gasteiger partial charge in [-0.25, -0.2) is 17.5 Å². The molecule has 2 aliphatic carbocycles. The number of halogens is 7. The van der Waals surface area contributed by atoms with Crippen molar-refractivity contribution < 1.29 is 51.8 Å². The number of nitrogens with zero attached hydrogens (tertiary/aromatic N) is 4. The van der Waals surface area contributed by atoms with Gasteiger partial charge < -0.3 is 0 Å². The van der Waals surface area contributed by atoms with Crippen molar-refractivity contribution in [1.82, 2.24) is 19.1 Å². The molecule has 2 heterocycles.